The zero-order valence-electron chi connectivity index (χ0n) is 14.4. The number of amides is 1. The Bertz CT molecular complexity index is 660. The summed E-state index contributed by atoms with van der Waals surface area (Å²) in [7, 11) is 0. The van der Waals surface area contributed by atoms with Crippen molar-refractivity contribution < 1.29 is 4.79 Å². The topological polar surface area (TPSA) is 59.0 Å². The van der Waals surface area contributed by atoms with Crippen molar-refractivity contribution in [2.45, 2.75) is 57.7 Å². The maximum absolute atomic E-state index is 11.2. The molecule has 0 saturated heterocycles. The molecule has 1 heterocycles. The minimum atomic E-state index is 0.0789. The Morgan fingerprint density at radius 3 is 2.62 bits per heavy atom. The fourth-order valence-electron chi connectivity index (χ4n) is 3.50. The maximum atomic E-state index is 11.2. The Hall–Kier alpha value is -2.14. The van der Waals surface area contributed by atoms with Gasteiger partial charge in [-0.3, -0.25) is 4.79 Å². The summed E-state index contributed by atoms with van der Waals surface area (Å²) in [5.41, 5.74) is 2.35. The van der Waals surface area contributed by atoms with Crippen molar-refractivity contribution in [1.82, 2.24) is 20.4 Å². The monoisotopic (exact) mass is 326 g/mol. The largest absolute Gasteiger partial charge is 0.354 e. The van der Waals surface area contributed by atoms with Crippen LogP contribution < -0.4 is 10.6 Å². The number of nitrogens with zero attached hydrogens (tertiary/aromatic N) is 2. The van der Waals surface area contributed by atoms with Crippen LogP contribution >= 0.6 is 0 Å². The molecule has 5 heteroatoms. The second-order valence-electron chi connectivity index (χ2n) is 6.68. The van der Waals surface area contributed by atoms with Crippen molar-refractivity contribution in [3.8, 4) is 5.69 Å². The summed E-state index contributed by atoms with van der Waals surface area (Å²) in [5, 5.41) is 11.1. The van der Waals surface area contributed by atoms with Crippen LogP contribution in [0.4, 0.5) is 0 Å². The molecule has 1 aliphatic carbocycles. The molecule has 0 aliphatic heterocycles. The molecule has 1 unspecified atom stereocenters. The maximum Gasteiger partial charge on any atom is 0.217 e. The van der Waals surface area contributed by atoms with Crippen LogP contribution in [-0.2, 0) is 4.79 Å². The molecule has 1 atom stereocenters. The summed E-state index contributed by atoms with van der Waals surface area (Å²) in [5.74, 6) is 0.0789. The van der Waals surface area contributed by atoms with E-state index in [4.69, 9.17) is 0 Å². The predicted molar refractivity (Wildman–Crippen MR) is 95.0 cm³/mol. The van der Waals surface area contributed by atoms with E-state index in [1.54, 1.807) is 13.1 Å². The molecule has 1 fully saturated rings. The lowest BCUT2D eigenvalue weighted by Gasteiger charge is -2.31. The Morgan fingerprint density at radius 2 is 1.96 bits per heavy atom. The van der Waals surface area contributed by atoms with Gasteiger partial charge in [-0.15, -0.1) is 0 Å². The lowest BCUT2D eigenvalue weighted by Crippen LogP contribution is -2.42. The van der Waals surface area contributed by atoms with Gasteiger partial charge in [-0.25, -0.2) is 4.68 Å². The van der Waals surface area contributed by atoms with E-state index >= 15 is 0 Å². The number of carbonyl (C=O) groups is 1. The van der Waals surface area contributed by atoms with Gasteiger partial charge in [-0.05, 0) is 56.4 Å². The number of hydrogen-bond donors (Lipinski definition) is 2. The quantitative estimate of drug-likeness (QED) is 0.888. The molecule has 1 aromatic carbocycles. The van der Waals surface area contributed by atoms with Crippen LogP contribution in [0.1, 0.15) is 51.1 Å². The van der Waals surface area contributed by atoms with E-state index in [9.17, 15) is 4.79 Å². The number of aromatic nitrogens is 2. The first-order chi connectivity index (χ1) is 11.6. The van der Waals surface area contributed by atoms with Gasteiger partial charge >= 0.3 is 0 Å². The fraction of sp³-hybridized carbons (Fsp3) is 0.474. The minimum absolute atomic E-state index is 0.0789. The van der Waals surface area contributed by atoms with Crippen molar-refractivity contribution >= 4 is 5.91 Å². The van der Waals surface area contributed by atoms with Gasteiger partial charge in [0, 0.05) is 37.4 Å². The minimum Gasteiger partial charge on any atom is -0.354 e. The van der Waals surface area contributed by atoms with Gasteiger partial charge in [0.05, 0.1) is 5.69 Å². The smallest absolute Gasteiger partial charge is 0.217 e. The lowest BCUT2D eigenvalue weighted by molar-refractivity contribution is -0.119. The van der Waals surface area contributed by atoms with Crippen LogP contribution in [0.5, 0.6) is 0 Å². The van der Waals surface area contributed by atoms with Gasteiger partial charge < -0.3 is 10.6 Å². The fourth-order valence-corrected chi connectivity index (χ4v) is 3.50. The number of rotatable bonds is 5. The van der Waals surface area contributed by atoms with E-state index < -0.39 is 0 Å². The first kappa shape index (κ1) is 16.7. The van der Waals surface area contributed by atoms with E-state index in [0.29, 0.717) is 18.1 Å². The average Bonchev–Trinajstić information content (AvgIpc) is 3.11. The second-order valence-corrected chi connectivity index (χ2v) is 6.68. The third-order valence-electron chi connectivity index (χ3n) is 4.76. The summed E-state index contributed by atoms with van der Waals surface area (Å²) in [4.78, 5) is 11.2. The van der Waals surface area contributed by atoms with Gasteiger partial charge in [-0.1, -0.05) is 12.1 Å². The third kappa shape index (κ3) is 4.23. The molecule has 2 aromatic rings. The summed E-state index contributed by atoms with van der Waals surface area (Å²) in [6.45, 7) is 3.81. The van der Waals surface area contributed by atoms with Crippen LogP contribution in [0.15, 0.2) is 42.7 Å². The van der Waals surface area contributed by atoms with Crippen LogP contribution in [0.25, 0.3) is 5.69 Å². The molecule has 1 amide bonds. The summed E-state index contributed by atoms with van der Waals surface area (Å²) >= 11 is 0. The van der Waals surface area contributed by atoms with E-state index in [0.717, 1.165) is 31.4 Å². The van der Waals surface area contributed by atoms with Crippen molar-refractivity contribution in [2.24, 2.45) is 0 Å². The average molecular weight is 326 g/mol. The Labute approximate surface area is 143 Å². The first-order valence-electron chi connectivity index (χ1n) is 8.75. The highest BCUT2D eigenvalue weighted by molar-refractivity contribution is 5.73. The molecule has 3 rings (SSSR count). The zero-order chi connectivity index (χ0) is 16.9. The zero-order valence-corrected chi connectivity index (χ0v) is 14.4. The summed E-state index contributed by atoms with van der Waals surface area (Å²) < 4.78 is 1.88. The Morgan fingerprint density at radius 1 is 1.21 bits per heavy atom. The normalized spacial score (nSPS) is 22.1. The highest BCUT2D eigenvalue weighted by Crippen LogP contribution is 2.23. The first-order valence-corrected chi connectivity index (χ1v) is 8.75. The van der Waals surface area contributed by atoms with E-state index in [1.165, 1.54) is 5.56 Å². The molecule has 24 heavy (non-hydrogen) atoms. The van der Waals surface area contributed by atoms with Crippen molar-refractivity contribution in [3.05, 3.63) is 48.3 Å². The molecule has 0 radical (unpaired) electrons. The molecular formula is C19H26N4O. The second kappa shape index (κ2) is 7.62. The van der Waals surface area contributed by atoms with Crippen LogP contribution in [0.3, 0.4) is 0 Å². The van der Waals surface area contributed by atoms with E-state index in [-0.39, 0.29) is 5.91 Å². The number of carbonyl (C=O) groups excluding carboxylic acids is 1. The number of nitrogens with one attached hydrogen (secondary N) is 2. The van der Waals surface area contributed by atoms with E-state index in [1.807, 2.05) is 16.9 Å². The molecule has 5 nitrogen and oxygen atoms in total. The Kier molecular flexibility index (Phi) is 5.30. The molecule has 0 spiro atoms. The summed E-state index contributed by atoms with van der Waals surface area (Å²) in [6, 6.07) is 11.6. The van der Waals surface area contributed by atoms with Crippen LogP contribution in [0, 0.1) is 0 Å². The van der Waals surface area contributed by atoms with Crippen LogP contribution in [-0.4, -0.2) is 27.8 Å². The molecular weight excluding hydrogens is 300 g/mol. The number of benzene rings is 1. The van der Waals surface area contributed by atoms with Gasteiger partial charge in [0.25, 0.3) is 0 Å². The standard InChI is InChI=1S/C19H26N4O/c1-14(21-17-7-9-18(10-8-17)22-15(2)24)16-5-3-6-19(13-16)23-12-4-11-20-23/h3-6,11-14,17-18,21H,7-10H2,1-2H3,(H,22,24). The summed E-state index contributed by atoms with van der Waals surface area (Å²) in [6.07, 6.45) is 8.07. The molecule has 1 aliphatic rings. The van der Waals surface area contributed by atoms with Gasteiger partial charge in [0.2, 0.25) is 5.91 Å². The van der Waals surface area contributed by atoms with Gasteiger partial charge in [-0.2, -0.15) is 5.10 Å². The van der Waals surface area contributed by atoms with Crippen molar-refractivity contribution in [1.29, 1.82) is 0 Å². The lowest BCUT2D eigenvalue weighted by atomic mass is 9.90. The molecule has 1 saturated carbocycles. The molecule has 2 N–H and O–H groups in total. The molecule has 128 valence electrons. The predicted octanol–water partition coefficient (Wildman–Crippen LogP) is 2.97. The van der Waals surface area contributed by atoms with Crippen LogP contribution in [0.2, 0.25) is 0 Å². The van der Waals surface area contributed by atoms with Gasteiger partial charge in [0.1, 0.15) is 0 Å². The highest BCUT2D eigenvalue weighted by Gasteiger charge is 2.22. The Balaban J connectivity index is 1.57. The van der Waals surface area contributed by atoms with Gasteiger partial charge in [0.15, 0.2) is 0 Å². The van der Waals surface area contributed by atoms with E-state index in [2.05, 4.69) is 46.9 Å². The third-order valence-corrected chi connectivity index (χ3v) is 4.76. The SMILES string of the molecule is CC(=O)NC1CCC(NC(C)c2cccc(-n3cccn3)c2)CC1. The van der Waals surface area contributed by atoms with Crippen molar-refractivity contribution in [2.75, 3.05) is 0 Å². The van der Waals surface area contributed by atoms with Crippen molar-refractivity contribution in [3.63, 3.8) is 0 Å². The molecule has 0 bridgehead atoms. The molecule has 1 aromatic heterocycles. The number of hydrogen-bond acceptors (Lipinski definition) is 3. The highest BCUT2D eigenvalue weighted by atomic mass is 16.1.